The monoisotopic (exact) mass is 246 g/mol. The van der Waals surface area contributed by atoms with Crippen molar-refractivity contribution in [3.63, 3.8) is 0 Å². The molecule has 0 atom stereocenters. The highest BCUT2D eigenvalue weighted by molar-refractivity contribution is 6.00. The number of allylic oxidation sites excluding steroid dienone is 2. The molecule has 4 heteroatoms. The van der Waals surface area contributed by atoms with E-state index in [0.29, 0.717) is 5.57 Å². The lowest BCUT2D eigenvalue weighted by Gasteiger charge is -2.24. The molecule has 0 spiro atoms. The van der Waals surface area contributed by atoms with Gasteiger partial charge in [0.25, 0.3) is 0 Å². The quantitative estimate of drug-likeness (QED) is 0.609. The molecular weight excluding hydrogens is 232 g/mol. The van der Waals surface area contributed by atoms with Gasteiger partial charge in [-0.3, -0.25) is 0 Å². The Balaban J connectivity index is 2.50. The summed E-state index contributed by atoms with van der Waals surface area (Å²) in [5.74, 6) is -2.55. The molecule has 0 radical (unpaired) electrons. The molecule has 2 rings (SSSR count). The number of aliphatic hydroxyl groups is 2. The summed E-state index contributed by atoms with van der Waals surface area (Å²) >= 11 is 0. The summed E-state index contributed by atoms with van der Waals surface area (Å²) in [6.45, 7) is 0. The molecule has 0 heterocycles. The zero-order chi connectivity index (χ0) is 13.2. The molecule has 2 N–H and O–H groups in total. The first kappa shape index (κ1) is 12.5. The summed E-state index contributed by atoms with van der Waals surface area (Å²) in [4.78, 5) is 11.7. The van der Waals surface area contributed by atoms with E-state index in [0.717, 1.165) is 5.56 Å². The molecule has 0 unspecified atom stereocenters. The molecular formula is C14H14O4. The van der Waals surface area contributed by atoms with Gasteiger partial charge in [-0.1, -0.05) is 36.4 Å². The molecule has 0 fully saturated rings. The summed E-state index contributed by atoms with van der Waals surface area (Å²) in [6.07, 6.45) is 2.62. The molecule has 18 heavy (non-hydrogen) atoms. The van der Waals surface area contributed by atoms with Gasteiger partial charge in [0.1, 0.15) is 0 Å². The average Bonchev–Trinajstić information content (AvgIpc) is 2.38. The van der Waals surface area contributed by atoms with Gasteiger partial charge in [-0.15, -0.1) is 0 Å². The van der Waals surface area contributed by atoms with Crippen molar-refractivity contribution in [2.45, 2.75) is 12.2 Å². The van der Waals surface area contributed by atoms with Crippen LogP contribution in [-0.2, 0) is 9.53 Å². The smallest absolute Gasteiger partial charge is 0.334 e. The largest absolute Gasteiger partial charge is 0.466 e. The van der Waals surface area contributed by atoms with E-state index >= 15 is 0 Å². The second-order valence-corrected chi connectivity index (χ2v) is 4.14. The normalized spacial score (nSPS) is 17.7. The van der Waals surface area contributed by atoms with Gasteiger partial charge in [-0.05, 0) is 17.2 Å². The highest BCUT2D eigenvalue weighted by Gasteiger charge is 2.31. The van der Waals surface area contributed by atoms with Crippen LogP contribution in [0.3, 0.4) is 0 Å². The highest BCUT2D eigenvalue weighted by atomic mass is 16.5. The lowest BCUT2D eigenvalue weighted by Crippen LogP contribution is -2.30. The Morgan fingerprint density at radius 2 is 1.94 bits per heavy atom. The van der Waals surface area contributed by atoms with Crippen LogP contribution in [0.4, 0.5) is 0 Å². The van der Waals surface area contributed by atoms with E-state index in [1.807, 2.05) is 30.3 Å². The topological polar surface area (TPSA) is 66.8 Å². The van der Waals surface area contributed by atoms with Gasteiger partial charge in [0, 0.05) is 6.42 Å². The van der Waals surface area contributed by atoms with Crippen molar-refractivity contribution in [1.29, 1.82) is 0 Å². The van der Waals surface area contributed by atoms with Crippen molar-refractivity contribution in [3.05, 3.63) is 53.6 Å². The van der Waals surface area contributed by atoms with Crippen LogP contribution in [-0.4, -0.2) is 29.1 Å². The number of benzene rings is 1. The van der Waals surface area contributed by atoms with Gasteiger partial charge < -0.3 is 14.9 Å². The van der Waals surface area contributed by atoms with Gasteiger partial charge >= 0.3 is 5.97 Å². The molecule has 1 aliphatic carbocycles. The summed E-state index contributed by atoms with van der Waals surface area (Å²) < 4.78 is 4.68. The maximum absolute atomic E-state index is 11.7. The maximum Gasteiger partial charge on any atom is 0.334 e. The molecule has 1 aromatic rings. The fraction of sp³-hybridized carbons (Fsp3) is 0.214. The van der Waals surface area contributed by atoms with Gasteiger partial charge in [-0.2, -0.15) is 0 Å². The first-order valence-corrected chi connectivity index (χ1v) is 5.54. The number of rotatable bonds is 2. The fourth-order valence-electron chi connectivity index (χ4n) is 1.93. The predicted molar refractivity (Wildman–Crippen MR) is 66.3 cm³/mol. The van der Waals surface area contributed by atoms with E-state index < -0.39 is 11.8 Å². The van der Waals surface area contributed by atoms with Crippen LogP contribution in [0.1, 0.15) is 12.0 Å². The molecule has 4 nitrogen and oxygen atoms in total. The van der Waals surface area contributed by atoms with Crippen LogP contribution in [0.2, 0.25) is 0 Å². The van der Waals surface area contributed by atoms with Crippen LogP contribution in [0.15, 0.2) is 48.1 Å². The van der Waals surface area contributed by atoms with Gasteiger partial charge in [0.05, 0.1) is 12.7 Å². The molecule has 1 aliphatic rings. The van der Waals surface area contributed by atoms with Crippen LogP contribution in [0, 0.1) is 0 Å². The Bertz CT molecular complexity index is 512. The minimum Gasteiger partial charge on any atom is -0.466 e. The van der Waals surface area contributed by atoms with Crippen molar-refractivity contribution in [2.24, 2.45) is 0 Å². The number of ether oxygens (including phenoxy) is 1. The van der Waals surface area contributed by atoms with Crippen molar-refractivity contribution >= 4 is 11.5 Å². The predicted octanol–water partition coefficient (Wildman–Crippen LogP) is 1.25. The Labute approximate surface area is 105 Å². The summed E-state index contributed by atoms with van der Waals surface area (Å²) in [7, 11) is 1.27. The third-order valence-electron chi connectivity index (χ3n) is 2.80. The van der Waals surface area contributed by atoms with E-state index in [1.165, 1.54) is 19.3 Å². The molecule has 94 valence electrons. The molecule has 1 aromatic carbocycles. The highest BCUT2D eigenvalue weighted by Crippen LogP contribution is 2.31. The van der Waals surface area contributed by atoms with Gasteiger partial charge in [-0.25, -0.2) is 4.79 Å². The first-order chi connectivity index (χ1) is 8.53. The van der Waals surface area contributed by atoms with Crippen LogP contribution in [0.5, 0.6) is 0 Å². The number of carbonyl (C=O) groups excluding carboxylic acids is 1. The maximum atomic E-state index is 11.7. The summed E-state index contributed by atoms with van der Waals surface area (Å²) in [5.41, 5.74) is 1.75. The molecule has 0 aliphatic heterocycles. The van der Waals surface area contributed by atoms with E-state index in [9.17, 15) is 15.0 Å². The molecule has 0 amide bonds. The van der Waals surface area contributed by atoms with Crippen molar-refractivity contribution in [1.82, 2.24) is 0 Å². The van der Waals surface area contributed by atoms with Crippen molar-refractivity contribution in [2.75, 3.05) is 7.11 Å². The zero-order valence-corrected chi connectivity index (χ0v) is 9.96. The summed E-state index contributed by atoms with van der Waals surface area (Å²) in [6, 6.07) is 9.28. The van der Waals surface area contributed by atoms with Crippen LogP contribution >= 0.6 is 0 Å². The third-order valence-corrected chi connectivity index (χ3v) is 2.80. The second-order valence-electron chi connectivity index (χ2n) is 4.14. The number of hydrogen-bond donors (Lipinski definition) is 2. The Hall–Kier alpha value is -1.91. The van der Waals surface area contributed by atoms with E-state index in [1.54, 1.807) is 0 Å². The van der Waals surface area contributed by atoms with E-state index in [2.05, 4.69) is 4.74 Å². The van der Waals surface area contributed by atoms with E-state index in [-0.39, 0.29) is 12.0 Å². The Kier molecular flexibility index (Phi) is 3.32. The lowest BCUT2D eigenvalue weighted by atomic mass is 9.89. The number of methoxy groups -OCH3 is 1. The molecule has 0 bridgehead atoms. The van der Waals surface area contributed by atoms with Crippen molar-refractivity contribution < 1.29 is 19.7 Å². The van der Waals surface area contributed by atoms with Crippen molar-refractivity contribution in [3.8, 4) is 0 Å². The second kappa shape index (κ2) is 4.76. The average molecular weight is 246 g/mol. The Morgan fingerprint density at radius 1 is 1.28 bits per heavy atom. The number of hydrogen-bond acceptors (Lipinski definition) is 4. The number of esters is 1. The standard InChI is InChI=1S/C14H14O4/c1-18-13(15)12-9-14(16,17)8-7-11(12)10-5-3-2-4-6-10/h2-8,16-17H,9H2,1H3. The lowest BCUT2D eigenvalue weighted by molar-refractivity contribution is -0.142. The molecule has 0 aromatic heterocycles. The molecule has 0 saturated heterocycles. The molecule has 0 saturated carbocycles. The minimum atomic E-state index is -2.00. The van der Waals surface area contributed by atoms with Gasteiger partial charge in [0.2, 0.25) is 0 Å². The van der Waals surface area contributed by atoms with Gasteiger partial charge in [0.15, 0.2) is 5.79 Å². The van der Waals surface area contributed by atoms with Crippen LogP contribution in [0.25, 0.3) is 5.57 Å². The minimum absolute atomic E-state index is 0.180. The zero-order valence-electron chi connectivity index (χ0n) is 9.96. The number of carbonyl (C=O) groups is 1. The SMILES string of the molecule is COC(=O)C1=C(c2ccccc2)C=CC(O)(O)C1. The summed E-state index contributed by atoms with van der Waals surface area (Å²) in [5, 5.41) is 19.2. The van der Waals surface area contributed by atoms with E-state index in [4.69, 9.17) is 0 Å². The fourth-order valence-corrected chi connectivity index (χ4v) is 1.93. The third kappa shape index (κ3) is 2.50. The van der Waals surface area contributed by atoms with Crippen LogP contribution < -0.4 is 0 Å². The first-order valence-electron chi connectivity index (χ1n) is 5.54. The Morgan fingerprint density at radius 3 is 2.56 bits per heavy atom.